The number of hydrogen-bond donors (Lipinski definition) is 1. The Labute approximate surface area is 169 Å². The molecule has 1 aliphatic heterocycles. The van der Waals surface area contributed by atoms with E-state index in [0.717, 1.165) is 12.2 Å². The lowest BCUT2D eigenvalue weighted by Gasteiger charge is -2.26. The molecule has 9 heteroatoms. The first kappa shape index (κ1) is 19.8. The Kier molecular flexibility index (Phi) is 5.53. The molecule has 8 nitrogen and oxygen atoms in total. The van der Waals surface area contributed by atoms with E-state index in [1.54, 1.807) is 12.1 Å². The number of sulfonamides is 1. The van der Waals surface area contributed by atoms with Crippen LogP contribution in [0.3, 0.4) is 0 Å². The van der Waals surface area contributed by atoms with Gasteiger partial charge < -0.3 is 9.15 Å². The van der Waals surface area contributed by atoms with Gasteiger partial charge in [0.05, 0.1) is 24.3 Å². The van der Waals surface area contributed by atoms with Crippen LogP contribution in [-0.4, -0.2) is 51.1 Å². The average molecular weight is 417 g/mol. The van der Waals surface area contributed by atoms with Crippen molar-refractivity contribution in [2.24, 2.45) is 11.0 Å². The molecule has 154 valence electrons. The van der Waals surface area contributed by atoms with Crippen LogP contribution in [0.1, 0.15) is 41.1 Å². The van der Waals surface area contributed by atoms with E-state index < -0.39 is 15.9 Å². The summed E-state index contributed by atoms with van der Waals surface area (Å²) in [6.45, 7) is 3.50. The second-order valence-electron chi connectivity index (χ2n) is 7.30. The number of rotatable bonds is 6. The predicted octanol–water partition coefficient (Wildman–Crippen LogP) is 2.19. The quantitative estimate of drug-likeness (QED) is 0.573. The number of benzene rings is 1. The number of hydrazone groups is 1. The van der Waals surface area contributed by atoms with Gasteiger partial charge in [-0.3, -0.25) is 4.79 Å². The van der Waals surface area contributed by atoms with Crippen molar-refractivity contribution >= 4 is 22.1 Å². The lowest BCUT2D eigenvalue weighted by Crippen LogP contribution is -2.40. The highest BCUT2D eigenvalue weighted by Crippen LogP contribution is 2.47. The summed E-state index contributed by atoms with van der Waals surface area (Å²) in [7, 11) is -3.67. The SMILES string of the molecule is C[C@@H]1C[C@@H]1c1ccc(/C=N\NC(=O)c2cccc(S(=O)(=O)N3CCOCC3)c2)o1. The second-order valence-corrected chi connectivity index (χ2v) is 9.24. The third-order valence-corrected chi connectivity index (χ3v) is 7.08. The summed E-state index contributed by atoms with van der Waals surface area (Å²) in [4.78, 5) is 12.4. The summed E-state index contributed by atoms with van der Waals surface area (Å²) in [5.74, 6) is 2.12. The van der Waals surface area contributed by atoms with Crippen molar-refractivity contribution in [3.63, 3.8) is 0 Å². The predicted molar refractivity (Wildman–Crippen MR) is 106 cm³/mol. The number of furan rings is 1. The highest BCUT2D eigenvalue weighted by atomic mass is 32.2. The normalized spacial score (nSPS) is 22.7. The van der Waals surface area contributed by atoms with E-state index >= 15 is 0 Å². The second kappa shape index (κ2) is 8.10. The van der Waals surface area contributed by atoms with Gasteiger partial charge in [-0.05, 0) is 42.7 Å². The van der Waals surface area contributed by atoms with Gasteiger partial charge in [0.2, 0.25) is 10.0 Å². The molecule has 1 aromatic heterocycles. The molecular weight excluding hydrogens is 394 g/mol. The number of carbonyl (C=O) groups excluding carboxylic acids is 1. The number of nitrogens with zero attached hydrogens (tertiary/aromatic N) is 2. The molecule has 1 N–H and O–H groups in total. The van der Waals surface area contributed by atoms with Crippen molar-refractivity contribution in [2.45, 2.75) is 24.2 Å². The summed E-state index contributed by atoms with van der Waals surface area (Å²) >= 11 is 0. The minimum Gasteiger partial charge on any atom is -0.460 e. The fourth-order valence-electron chi connectivity index (χ4n) is 3.31. The number of morpholine rings is 1. The van der Waals surface area contributed by atoms with Crippen molar-refractivity contribution in [3.05, 3.63) is 53.5 Å². The van der Waals surface area contributed by atoms with Crippen molar-refractivity contribution in [1.29, 1.82) is 0 Å². The lowest BCUT2D eigenvalue weighted by atomic mass is 10.2. The first-order valence-corrected chi connectivity index (χ1v) is 11.0. The van der Waals surface area contributed by atoms with E-state index in [0.29, 0.717) is 43.9 Å². The molecule has 2 atom stereocenters. The van der Waals surface area contributed by atoms with E-state index in [2.05, 4.69) is 17.5 Å². The average Bonchev–Trinajstić information content (AvgIpc) is 3.28. The zero-order chi connectivity index (χ0) is 20.4. The Balaban J connectivity index is 1.41. The Morgan fingerprint density at radius 1 is 1.24 bits per heavy atom. The summed E-state index contributed by atoms with van der Waals surface area (Å²) < 4.78 is 37.8. The highest BCUT2D eigenvalue weighted by molar-refractivity contribution is 7.89. The molecule has 1 aromatic carbocycles. The zero-order valence-electron chi connectivity index (χ0n) is 16.1. The van der Waals surface area contributed by atoms with Gasteiger partial charge in [0.1, 0.15) is 11.5 Å². The van der Waals surface area contributed by atoms with Gasteiger partial charge in [-0.25, -0.2) is 13.8 Å². The first-order valence-electron chi connectivity index (χ1n) is 9.56. The number of carbonyl (C=O) groups is 1. The summed E-state index contributed by atoms with van der Waals surface area (Å²) in [6.07, 6.45) is 2.56. The minimum absolute atomic E-state index is 0.0743. The fraction of sp³-hybridized carbons (Fsp3) is 0.400. The van der Waals surface area contributed by atoms with Crippen LogP contribution in [0.4, 0.5) is 0 Å². The molecule has 2 aromatic rings. The number of amides is 1. The maximum Gasteiger partial charge on any atom is 0.271 e. The van der Waals surface area contributed by atoms with Crippen molar-refractivity contribution in [2.75, 3.05) is 26.3 Å². The maximum atomic E-state index is 12.7. The molecule has 1 saturated heterocycles. The van der Waals surface area contributed by atoms with Crippen LogP contribution in [0.5, 0.6) is 0 Å². The van der Waals surface area contributed by atoms with Crippen LogP contribution in [0.2, 0.25) is 0 Å². The number of ether oxygens (including phenoxy) is 1. The van der Waals surface area contributed by atoms with Gasteiger partial charge in [0.15, 0.2) is 0 Å². The molecule has 0 unspecified atom stereocenters. The third-order valence-electron chi connectivity index (χ3n) is 5.18. The van der Waals surface area contributed by atoms with Crippen LogP contribution in [0.25, 0.3) is 0 Å². The third kappa shape index (κ3) is 4.42. The van der Waals surface area contributed by atoms with Gasteiger partial charge in [0.25, 0.3) is 5.91 Å². The molecule has 1 saturated carbocycles. The molecule has 1 amide bonds. The van der Waals surface area contributed by atoms with Crippen molar-refractivity contribution < 1.29 is 22.4 Å². The molecule has 2 fully saturated rings. The topological polar surface area (TPSA) is 101 Å². The Bertz CT molecular complexity index is 1020. The molecular formula is C20H23N3O5S. The zero-order valence-corrected chi connectivity index (χ0v) is 16.9. The lowest BCUT2D eigenvalue weighted by molar-refractivity contribution is 0.0730. The van der Waals surface area contributed by atoms with Crippen LogP contribution in [0.15, 0.2) is 50.8 Å². The van der Waals surface area contributed by atoms with E-state index in [9.17, 15) is 13.2 Å². The monoisotopic (exact) mass is 417 g/mol. The van der Waals surface area contributed by atoms with E-state index in [-0.39, 0.29) is 10.5 Å². The van der Waals surface area contributed by atoms with Gasteiger partial charge in [-0.2, -0.15) is 9.41 Å². The smallest absolute Gasteiger partial charge is 0.271 e. The highest BCUT2D eigenvalue weighted by Gasteiger charge is 2.36. The molecule has 2 aliphatic rings. The van der Waals surface area contributed by atoms with E-state index in [1.165, 1.54) is 22.7 Å². The Morgan fingerprint density at radius 3 is 2.72 bits per heavy atom. The maximum absolute atomic E-state index is 12.7. The molecule has 0 radical (unpaired) electrons. The largest absolute Gasteiger partial charge is 0.460 e. The van der Waals surface area contributed by atoms with Crippen molar-refractivity contribution in [3.8, 4) is 0 Å². The molecule has 2 heterocycles. The molecule has 29 heavy (non-hydrogen) atoms. The molecule has 0 bridgehead atoms. The molecule has 4 rings (SSSR count). The van der Waals surface area contributed by atoms with E-state index in [1.807, 2.05) is 12.1 Å². The molecule has 0 spiro atoms. The Hall–Kier alpha value is -2.49. The van der Waals surface area contributed by atoms with Crippen LogP contribution in [-0.2, 0) is 14.8 Å². The Morgan fingerprint density at radius 2 is 2.00 bits per heavy atom. The van der Waals surface area contributed by atoms with Gasteiger partial charge in [-0.15, -0.1) is 0 Å². The van der Waals surface area contributed by atoms with Crippen molar-refractivity contribution in [1.82, 2.24) is 9.73 Å². The fourth-order valence-corrected chi connectivity index (χ4v) is 4.76. The van der Waals surface area contributed by atoms with E-state index in [4.69, 9.17) is 9.15 Å². The van der Waals surface area contributed by atoms with Gasteiger partial charge >= 0.3 is 0 Å². The standard InChI is InChI=1S/C20H23N3O5S/c1-14-11-18(14)19-6-5-16(28-19)13-21-22-20(24)15-3-2-4-17(12-15)29(25,26)23-7-9-27-10-8-23/h2-6,12-14,18H,7-11H2,1H3,(H,22,24)/b21-13-/t14-,18+/m1/s1. The van der Waals surface area contributed by atoms with Crippen LogP contribution in [0, 0.1) is 5.92 Å². The minimum atomic E-state index is -3.67. The number of nitrogens with one attached hydrogen (secondary N) is 1. The summed E-state index contributed by atoms with van der Waals surface area (Å²) in [5.41, 5.74) is 2.62. The first-order chi connectivity index (χ1) is 13.9. The number of hydrogen-bond acceptors (Lipinski definition) is 6. The summed E-state index contributed by atoms with van der Waals surface area (Å²) in [6, 6.07) is 9.66. The van der Waals surface area contributed by atoms with Gasteiger partial charge in [-0.1, -0.05) is 13.0 Å². The van der Waals surface area contributed by atoms with Crippen LogP contribution < -0.4 is 5.43 Å². The van der Waals surface area contributed by atoms with Crippen LogP contribution >= 0.6 is 0 Å². The summed E-state index contributed by atoms with van der Waals surface area (Å²) in [5, 5.41) is 3.92. The molecule has 1 aliphatic carbocycles. The van der Waals surface area contributed by atoms with Gasteiger partial charge in [0, 0.05) is 24.6 Å².